The van der Waals surface area contributed by atoms with Gasteiger partial charge in [0, 0.05) is 25.4 Å². The van der Waals surface area contributed by atoms with Gasteiger partial charge < -0.3 is 9.73 Å². The third-order valence-electron chi connectivity index (χ3n) is 2.08. The minimum Gasteiger partial charge on any atom is -0.441 e. The van der Waals surface area contributed by atoms with Crippen LogP contribution in [-0.4, -0.2) is 23.6 Å². The Bertz CT molecular complexity index is 411. The molecular weight excluding hydrogens is 190 g/mol. The van der Waals surface area contributed by atoms with Crippen molar-refractivity contribution in [1.29, 1.82) is 0 Å². The Morgan fingerprint density at radius 3 is 3.07 bits per heavy atom. The molecule has 78 valence electrons. The highest BCUT2D eigenvalue weighted by molar-refractivity contribution is 5.50. The summed E-state index contributed by atoms with van der Waals surface area (Å²) in [6, 6.07) is 3.80. The first-order valence-electron chi connectivity index (χ1n) is 4.90. The number of hydrogen-bond donors (Lipinski definition) is 1. The molecule has 0 amide bonds. The first-order valence-corrected chi connectivity index (χ1v) is 4.90. The second-order valence-corrected chi connectivity index (χ2v) is 3.23. The summed E-state index contributed by atoms with van der Waals surface area (Å²) < 4.78 is 5.58. The molecule has 15 heavy (non-hydrogen) atoms. The van der Waals surface area contributed by atoms with E-state index in [1.807, 2.05) is 19.2 Å². The Morgan fingerprint density at radius 1 is 1.40 bits per heavy atom. The topological polar surface area (TPSA) is 51.0 Å². The van der Waals surface area contributed by atoms with Crippen molar-refractivity contribution in [1.82, 2.24) is 15.3 Å². The van der Waals surface area contributed by atoms with Crippen molar-refractivity contribution >= 4 is 0 Å². The van der Waals surface area contributed by atoms with Crippen molar-refractivity contribution < 1.29 is 4.42 Å². The number of oxazole rings is 1. The number of likely N-dealkylation sites (N-methyl/N-ethyl adjacent to an activating group) is 1. The molecule has 2 aromatic rings. The van der Waals surface area contributed by atoms with Crippen LogP contribution in [-0.2, 0) is 6.42 Å². The minimum absolute atomic E-state index is 0.634. The van der Waals surface area contributed by atoms with Gasteiger partial charge in [-0.1, -0.05) is 0 Å². The van der Waals surface area contributed by atoms with Gasteiger partial charge in [0.15, 0.2) is 0 Å². The van der Waals surface area contributed by atoms with E-state index in [1.54, 1.807) is 18.6 Å². The highest BCUT2D eigenvalue weighted by Crippen LogP contribution is 2.17. The van der Waals surface area contributed by atoms with Gasteiger partial charge in [-0.05, 0) is 19.2 Å². The number of nitrogens with one attached hydrogen (secondary N) is 1. The van der Waals surface area contributed by atoms with Crippen molar-refractivity contribution in [2.24, 2.45) is 0 Å². The average molecular weight is 203 g/mol. The summed E-state index contributed by atoms with van der Waals surface area (Å²) in [5, 5.41) is 3.07. The van der Waals surface area contributed by atoms with Crippen molar-refractivity contribution in [3.63, 3.8) is 0 Å². The molecule has 4 nitrogen and oxygen atoms in total. The lowest BCUT2D eigenvalue weighted by molar-refractivity contribution is 0.512. The smallest absolute Gasteiger partial charge is 0.227 e. The summed E-state index contributed by atoms with van der Waals surface area (Å²) >= 11 is 0. The Hall–Kier alpha value is -1.68. The van der Waals surface area contributed by atoms with E-state index in [0.29, 0.717) is 5.89 Å². The van der Waals surface area contributed by atoms with E-state index >= 15 is 0 Å². The minimum atomic E-state index is 0.634. The van der Waals surface area contributed by atoms with Crippen molar-refractivity contribution in [2.75, 3.05) is 13.6 Å². The van der Waals surface area contributed by atoms with E-state index in [-0.39, 0.29) is 0 Å². The Kier molecular flexibility index (Phi) is 3.09. The maximum atomic E-state index is 5.58. The summed E-state index contributed by atoms with van der Waals surface area (Å²) in [6.45, 7) is 0.891. The molecule has 0 saturated heterocycles. The van der Waals surface area contributed by atoms with Crippen molar-refractivity contribution in [2.45, 2.75) is 6.42 Å². The fourth-order valence-corrected chi connectivity index (χ4v) is 1.29. The molecule has 4 heteroatoms. The van der Waals surface area contributed by atoms with E-state index < -0.39 is 0 Å². The van der Waals surface area contributed by atoms with E-state index in [2.05, 4.69) is 15.3 Å². The van der Waals surface area contributed by atoms with Crippen LogP contribution in [0.15, 0.2) is 35.1 Å². The molecule has 2 heterocycles. The summed E-state index contributed by atoms with van der Waals surface area (Å²) in [5.41, 5.74) is 0.910. The highest BCUT2D eigenvalue weighted by atomic mass is 16.4. The Morgan fingerprint density at radius 2 is 2.33 bits per heavy atom. The van der Waals surface area contributed by atoms with Crippen molar-refractivity contribution in [3.05, 3.63) is 36.5 Å². The number of hydrogen-bond acceptors (Lipinski definition) is 4. The van der Waals surface area contributed by atoms with Crippen LogP contribution in [0.5, 0.6) is 0 Å². The second kappa shape index (κ2) is 4.70. The van der Waals surface area contributed by atoms with Crippen LogP contribution in [0.25, 0.3) is 11.5 Å². The monoisotopic (exact) mass is 203 g/mol. The molecule has 0 radical (unpaired) electrons. The predicted molar refractivity (Wildman–Crippen MR) is 57.4 cm³/mol. The molecule has 0 saturated carbocycles. The van der Waals surface area contributed by atoms with E-state index in [4.69, 9.17) is 4.42 Å². The van der Waals surface area contributed by atoms with Gasteiger partial charge in [-0.3, -0.25) is 4.98 Å². The van der Waals surface area contributed by atoms with Gasteiger partial charge in [0.2, 0.25) is 5.89 Å². The molecule has 0 aliphatic rings. The Balaban J connectivity index is 2.14. The molecule has 2 rings (SSSR count). The van der Waals surface area contributed by atoms with Crippen LogP contribution in [0, 0.1) is 0 Å². The van der Waals surface area contributed by atoms with Crippen LogP contribution < -0.4 is 5.32 Å². The molecule has 0 spiro atoms. The quantitative estimate of drug-likeness (QED) is 0.818. The molecule has 0 aliphatic carbocycles. The van der Waals surface area contributed by atoms with Gasteiger partial charge in [0.25, 0.3) is 0 Å². The highest BCUT2D eigenvalue weighted by Gasteiger charge is 2.05. The fourth-order valence-electron chi connectivity index (χ4n) is 1.29. The summed E-state index contributed by atoms with van der Waals surface area (Å²) in [7, 11) is 1.92. The molecule has 0 atom stereocenters. The molecule has 0 unspecified atom stereocenters. The maximum absolute atomic E-state index is 5.58. The zero-order valence-corrected chi connectivity index (χ0v) is 8.60. The number of pyridine rings is 1. The molecule has 1 N–H and O–H groups in total. The third kappa shape index (κ3) is 2.41. The molecule has 0 aliphatic heterocycles. The number of aromatic nitrogens is 2. The standard InChI is InChI=1S/C11H13N3O/c1-12-6-4-10-8-14-11(15-10)9-3-2-5-13-7-9/h2-3,5,7-8,12H,4,6H2,1H3. The van der Waals surface area contributed by atoms with Crippen molar-refractivity contribution in [3.8, 4) is 11.5 Å². The third-order valence-corrected chi connectivity index (χ3v) is 2.08. The molecular formula is C11H13N3O. The van der Waals surface area contributed by atoms with Gasteiger partial charge >= 0.3 is 0 Å². The average Bonchev–Trinajstić information content (AvgIpc) is 2.76. The number of nitrogens with zero attached hydrogens (tertiary/aromatic N) is 2. The van der Waals surface area contributed by atoms with Crippen LogP contribution in [0.1, 0.15) is 5.76 Å². The lowest BCUT2D eigenvalue weighted by atomic mass is 10.3. The van der Waals surface area contributed by atoms with E-state index in [0.717, 1.165) is 24.3 Å². The van der Waals surface area contributed by atoms with Crippen LogP contribution in [0.4, 0.5) is 0 Å². The van der Waals surface area contributed by atoms with Gasteiger partial charge in [-0.25, -0.2) is 4.98 Å². The zero-order chi connectivity index (χ0) is 10.5. The number of rotatable bonds is 4. The van der Waals surface area contributed by atoms with Gasteiger partial charge in [0.05, 0.1) is 11.8 Å². The van der Waals surface area contributed by atoms with E-state index in [1.165, 1.54) is 0 Å². The second-order valence-electron chi connectivity index (χ2n) is 3.23. The first kappa shape index (κ1) is 9.86. The molecule has 0 bridgehead atoms. The first-order chi connectivity index (χ1) is 7.40. The van der Waals surface area contributed by atoms with Crippen LogP contribution in [0.2, 0.25) is 0 Å². The zero-order valence-electron chi connectivity index (χ0n) is 8.60. The van der Waals surface area contributed by atoms with Gasteiger partial charge in [-0.15, -0.1) is 0 Å². The van der Waals surface area contributed by atoms with Crippen LogP contribution in [0.3, 0.4) is 0 Å². The maximum Gasteiger partial charge on any atom is 0.227 e. The largest absolute Gasteiger partial charge is 0.441 e. The summed E-state index contributed by atoms with van der Waals surface area (Å²) in [5.74, 6) is 1.53. The summed E-state index contributed by atoms with van der Waals surface area (Å²) in [6.07, 6.45) is 6.09. The Labute approximate surface area is 88.4 Å². The SMILES string of the molecule is CNCCc1cnc(-c2cccnc2)o1. The van der Waals surface area contributed by atoms with Gasteiger partial charge in [-0.2, -0.15) is 0 Å². The predicted octanol–water partition coefficient (Wildman–Crippen LogP) is 1.50. The fraction of sp³-hybridized carbons (Fsp3) is 0.273. The lowest BCUT2D eigenvalue weighted by Gasteiger charge is -1.95. The van der Waals surface area contributed by atoms with Crippen LogP contribution >= 0.6 is 0 Å². The molecule has 0 fully saturated rings. The summed E-state index contributed by atoms with van der Waals surface area (Å²) in [4.78, 5) is 8.23. The lowest BCUT2D eigenvalue weighted by Crippen LogP contribution is -2.09. The molecule has 2 aromatic heterocycles. The van der Waals surface area contributed by atoms with Gasteiger partial charge in [0.1, 0.15) is 5.76 Å². The molecule has 0 aromatic carbocycles. The normalized spacial score (nSPS) is 10.5. The van der Waals surface area contributed by atoms with E-state index in [9.17, 15) is 0 Å².